The van der Waals surface area contributed by atoms with Crippen molar-refractivity contribution in [2.45, 2.75) is 44.7 Å². The van der Waals surface area contributed by atoms with Gasteiger partial charge in [0.15, 0.2) is 0 Å². The zero-order valence-corrected chi connectivity index (χ0v) is 9.48. The van der Waals surface area contributed by atoms with Crippen LogP contribution in [0.1, 0.15) is 32.1 Å². The molecule has 0 aliphatic carbocycles. The fourth-order valence-corrected chi connectivity index (χ4v) is 0.792. The normalized spacial score (nSPS) is 11.6. The molecule has 1 unspecified atom stereocenters. The third-order valence-electron chi connectivity index (χ3n) is 1.68. The first-order valence-electron chi connectivity index (χ1n) is 5.28. The van der Waals surface area contributed by atoms with Gasteiger partial charge in [-0.3, -0.25) is 0 Å². The van der Waals surface area contributed by atoms with Gasteiger partial charge in [-0.1, -0.05) is 12.2 Å². The van der Waals surface area contributed by atoms with Crippen molar-refractivity contribution in [3.63, 3.8) is 0 Å². The van der Waals surface area contributed by atoms with Gasteiger partial charge in [0.1, 0.15) is 12.8 Å². The second-order valence-electron chi connectivity index (χ2n) is 3.23. The lowest BCUT2D eigenvalue weighted by Gasteiger charge is -1.96. The van der Waals surface area contributed by atoms with E-state index < -0.39 is 19.3 Å². The summed E-state index contributed by atoms with van der Waals surface area (Å²) in [6, 6.07) is 0. The molecule has 0 amide bonds. The van der Waals surface area contributed by atoms with Crippen LogP contribution in [0.2, 0.25) is 0 Å². The molecule has 0 saturated carbocycles. The molecule has 96 valence electrons. The summed E-state index contributed by atoms with van der Waals surface area (Å²) >= 11 is 0. The molecule has 0 N–H and O–H groups in total. The third-order valence-corrected chi connectivity index (χ3v) is 1.68. The van der Waals surface area contributed by atoms with Crippen LogP contribution in [-0.2, 0) is 0 Å². The highest BCUT2D eigenvalue weighted by Crippen LogP contribution is 2.04. The predicted molar refractivity (Wildman–Crippen MR) is 60.4 cm³/mol. The molecule has 0 fully saturated rings. The van der Waals surface area contributed by atoms with Gasteiger partial charge in [0, 0.05) is 6.42 Å². The molecule has 16 heavy (non-hydrogen) atoms. The summed E-state index contributed by atoms with van der Waals surface area (Å²) in [6.07, 6.45) is 1.90. The highest BCUT2D eigenvalue weighted by atomic mass is 19.3. The summed E-state index contributed by atoms with van der Waals surface area (Å²) in [5.41, 5.74) is 0. The van der Waals surface area contributed by atoms with E-state index in [2.05, 4.69) is 13.2 Å². The molecule has 0 heterocycles. The summed E-state index contributed by atoms with van der Waals surface area (Å²) in [5, 5.41) is 0. The quantitative estimate of drug-likeness (QED) is 0.322. The Labute approximate surface area is 95.0 Å². The molecular formula is C12H20F4. The van der Waals surface area contributed by atoms with E-state index in [0.717, 1.165) is 0 Å². The molecule has 0 spiro atoms. The minimum atomic E-state index is -2.14. The van der Waals surface area contributed by atoms with E-state index in [1.54, 1.807) is 12.2 Å². The van der Waals surface area contributed by atoms with Crippen LogP contribution in [0.4, 0.5) is 17.6 Å². The second kappa shape index (κ2) is 14.2. The van der Waals surface area contributed by atoms with Gasteiger partial charge < -0.3 is 0 Å². The molecule has 0 bridgehead atoms. The van der Waals surface area contributed by atoms with Crippen molar-refractivity contribution in [1.29, 1.82) is 0 Å². The SMILES string of the molecule is C=CCCC(F)CF.C=CCCCC(F)F. The Morgan fingerprint density at radius 1 is 0.938 bits per heavy atom. The fraction of sp³-hybridized carbons (Fsp3) is 0.667. The van der Waals surface area contributed by atoms with E-state index in [9.17, 15) is 17.6 Å². The van der Waals surface area contributed by atoms with Crippen LogP contribution in [0.3, 0.4) is 0 Å². The van der Waals surface area contributed by atoms with Crippen molar-refractivity contribution in [2.75, 3.05) is 6.67 Å². The number of halogens is 4. The largest absolute Gasteiger partial charge is 0.248 e. The van der Waals surface area contributed by atoms with Crippen LogP contribution in [0.15, 0.2) is 25.3 Å². The Morgan fingerprint density at radius 2 is 1.50 bits per heavy atom. The highest BCUT2D eigenvalue weighted by molar-refractivity contribution is 4.68. The van der Waals surface area contributed by atoms with E-state index in [0.29, 0.717) is 19.3 Å². The smallest absolute Gasteiger partial charge is 0.238 e. The van der Waals surface area contributed by atoms with Gasteiger partial charge >= 0.3 is 0 Å². The Bertz CT molecular complexity index is 157. The lowest BCUT2D eigenvalue weighted by Crippen LogP contribution is -2.00. The lowest BCUT2D eigenvalue weighted by molar-refractivity contribution is 0.135. The Hall–Kier alpha value is -0.800. The van der Waals surface area contributed by atoms with Crippen molar-refractivity contribution in [3.05, 3.63) is 25.3 Å². The number of unbranched alkanes of at least 4 members (excludes halogenated alkanes) is 1. The Morgan fingerprint density at radius 3 is 1.88 bits per heavy atom. The summed E-state index contributed by atoms with van der Waals surface area (Å²) in [4.78, 5) is 0. The van der Waals surface area contributed by atoms with Gasteiger partial charge in [0.25, 0.3) is 0 Å². The van der Waals surface area contributed by atoms with E-state index >= 15 is 0 Å². The average Bonchev–Trinajstić information content (AvgIpc) is 2.26. The summed E-state index contributed by atoms with van der Waals surface area (Å²) in [5.74, 6) is 0. The van der Waals surface area contributed by atoms with Gasteiger partial charge in [-0.05, 0) is 25.7 Å². The predicted octanol–water partition coefficient (Wildman–Crippen LogP) is 4.87. The fourth-order valence-electron chi connectivity index (χ4n) is 0.792. The zero-order chi connectivity index (χ0) is 12.8. The van der Waals surface area contributed by atoms with Crippen molar-refractivity contribution in [2.24, 2.45) is 0 Å². The van der Waals surface area contributed by atoms with Crippen molar-refractivity contribution >= 4 is 0 Å². The van der Waals surface area contributed by atoms with Crippen molar-refractivity contribution in [1.82, 2.24) is 0 Å². The molecule has 0 nitrogen and oxygen atoms in total. The van der Waals surface area contributed by atoms with E-state index in [4.69, 9.17) is 0 Å². The maximum Gasteiger partial charge on any atom is 0.238 e. The summed E-state index contributed by atoms with van der Waals surface area (Å²) < 4.78 is 45.8. The molecule has 0 aliphatic heterocycles. The minimum absolute atomic E-state index is 0.00597. The monoisotopic (exact) mass is 240 g/mol. The molecule has 0 saturated heterocycles. The van der Waals surface area contributed by atoms with Gasteiger partial charge in [0.05, 0.1) is 0 Å². The number of allylic oxidation sites excluding steroid dienone is 2. The molecule has 4 heteroatoms. The molecule has 0 aliphatic rings. The lowest BCUT2D eigenvalue weighted by atomic mass is 10.2. The number of hydrogen-bond donors (Lipinski definition) is 0. The Kier molecular flexibility index (Phi) is 15.6. The topological polar surface area (TPSA) is 0 Å². The molecule has 0 radical (unpaired) electrons. The van der Waals surface area contributed by atoms with Crippen LogP contribution < -0.4 is 0 Å². The highest BCUT2D eigenvalue weighted by Gasteiger charge is 2.01. The third kappa shape index (κ3) is 18.9. The maximum atomic E-state index is 11.9. The molecule has 0 aromatic rings. The van der Waals surface area contributed by atoms with Crippen LogP contribution >= 0.6 is 0 Å². The number of hydrogen-bond acceptors (Lipinski definition) is 0. The van der Waals surface area contributed by atoms with E-state index in [1.807, 2.05) is 0 Å². The maximum absolute atomic E-state index is 11.9. The van der Waals surface area contributed by atoms with Gasteiger partial charge in [0.2, 0.25) is 6.43 Å². The molecular weight excluding hydrogens is 220 g/mol. The number of alkyl halides is 4. The van der Waals surface area contributed by atoms with Gasteiger partial charge in [-0.25, -0.2) is 17.6 Å². The minimum Gasteiger partial charge on any atom is -0.248 e. The standard InChI is InChI=1S/2C6H10F2/c1-2-3-4-6(8)5-7;1-2-3-4-5-6(7)8/h2*2,6H,1,3-5H2. The van der Waals surface area contributed by atoms with Crippen molar-refractivity contribution in [3.8, 4) is 0 Å². The van der Waals surface area contributed by atoms with Crippen LogP contribution in [0, 0.1) is 0 Å². The number of rotatable bonds is 8. The van der Waals surface area contributed by atoms with Crippen LogP contribution in [0.25, 0.3) is 0 Å². The molecule has 0 aromatic carbocycles. The second-order valence-corrected chi connectivity index (χ2v) is 3.23. The van der Waals surface area contributed by atoms with Crippen molar-refractivity contribution < 1.29 is 17.6 Å². The van der Waals surface area contributed by atoms with E-state index in [1.165, 1.54) is 0 Å². The molecule has 0 rings (SSSR count). The van der Waals surface area contributed by atoms with Crippen LogP contribution in [0.5, 0.6) is 0 Å². The summed E-state index contributed by atoms with van der Waals surface area (Å²) in [6.45, 7) is 5.92. The van der Waals surface area contributed by atoms with Gasteiger partial charge in [-0.15, -0.1) is 13.2 Å². The zero-order valence-electron chi connectivity index (χ0n) is 9.48. The first-order chi connectivity index (χ1) is 7.58. The first kappa shape index (κ1) is 17.6. The Balaban J connectivity index is 0. The van der Waals surface area contributed by atoms with E-state index in [-0.39, 0.29) is 12.8 Å². The average molecular weight is 240 g/mol. The molecule has 0 aromatic heterocycles. The first-order valence-corrected chi connectivity index (χ1v) is 5.28. The van der Waals surface area contributed by atoms with Gasteiger partial charge in [-0.2, -0.15) is 0 Å². The summed E-state index contributed by atoms with van der Waals surface area (Å²) in [7, 11) is 0. The van der Waals surface area contributed by atoms with Crippen LogP contribution in [-0.4, -0.2) is 19.3 Å². The molecule has 1 atom stereocenters.